The third-order valence-corrected chi connectivity index (χ3v) is 2.72. The largest absolute Gasteiger partial charge is 0.494 e. The summed E-state index contributed by atoms with van der Waals surface area (Å²) in [5, 5.41) is 3.27. The van der Waals surface area contributed by atoms with E-state index in [-0.39, 0.29) is 0 Å². The number of hydrogen-bond acceptors (Lipinski definition) is 4. The van der Waals surface area contributed by atoms with E-state index in [9.17, 15) is 0 Å². The molecule has 0 saturated carbocycles. The predicted octanol–water partition coefficient (Wildman–Crippen LogP) is 2.33. The number of ether oxygens (including phenoxy) is 1. The van der Waals surface area contributed by atoms with E-state index in [1.165, 1.54) is 0 Å². The minimum atomic E-state index is 0.378. The summed E-state index contributed by atoms with van der Waals surface area (Å²) >= 11 is 0. The van der Waals surface area contributed by atoms with Crippen molar-refractivity contribution in [2.45, 2.75) is 33.2 Å². The summed E-state index contributed by atoms with van der Waals surface area (Å²) in [4.78, 5) is 8.32. The van der Waals surface area contributed by atoms with Crippen LogP contribution < -0.4 is 10.1 Å². The molecule has 4 nitrogen and oxygen atoms in total. The molecule has 2 unspecified atom stereocenters. The van der Waals surface area contributed by atoms with Crippen molar-refractivity contribution in [2.24, 2.45) is 5.92 Å². The van der Waals surface area contributed by atoms with E-state index >= 15 is 0 Å². The van der Waals surface area contributed by atoms with Crippen LogP contribution in [0.25, 0.3) is 0 Å². The van der Waals surface area contributed by atoms with E-state index in [0.29, 0.717) is 23.7 Å². The third-order valence-electron chi connectivity index (χ3n) is 2.72. The molecular formula is C11H19N3O. The summed E-state index contributed by atoms with van der Waals surface area (Å²) in [6.07, 6.45) is 4.47. The predicted molar refractivity (Wildman–Crippen MR) is 61.1 cm³/mol. The van der Waals surface area contributed by atoms with E-state index in [4.69, 9.17) is 4.74 Å². The highest BCUT2D eigenvalue weighted by Crippen LogP contribution is 2.13. The van der Waals surface area contributed by atoms with Crippen LogP contribution in [0.2, 0.25) is 0 Å². The molecule has 0 aromatic carbocycles. The molecule has 0 saturated heterocycles. The maximum atomic E-state index is 4.99. The van der Waals surface area contributed by atoms with Crippen LogP contribution in [0.3, 0.4) is 0 Å². The maximum absolute atomic E-state index is 4.99. The fourth-order valence-electron chi connectivity index (χ4n) is 1.20. The first kappa shape index (κ1) is 11.8. The van der Waals surface area contributed by atoms with Crippen molar-refractivity contribution in [3.8, 4) is 5.75 Å². The summed E-state index contributed by atoms with van der Waals surface area (Å²) in [5.41, 5.74) is 0. The topological polar surface area (TPSA) is 47.0 Å². The maximum Gasteiger partial charge on any atom is 0.223 e. The monoisotopic (exact) mass is 209 g/mol. The second-order valence-electron chi connectivity index (χ2n) is 3.77. The van der Waals surface area contributed by atoms with Crippen molar-refractivity contribution in [3.05, 3.63) is 12.4 Å². The second-order valence-corrected chi connectivity index (χ2v) is 3.77. The Morgan fingerprint density at radius 1 is 1.33 bits per heavy atom. The first-order valence-electron chi connectivity index (χ1n) is 5.30. The lowest BCUT2D eigenvalue weighted by molar-refractivity contribution is 0.410. The molecule has 0 aliphatic heterocycles. The molecule has 4 heteroatoms. The lowest BCUT2D eigenvalue weighted by atomic mass is 10.0. The number of aromatic nitrogens is 2. The Bertz CT molecular complexity index is 286. The van der Waals surface area contributed by atoms with Gasteiger partial charge in [-0.15, -0.1) is 0 Å². The van der Waals surface area contributed by atoms with Gasteiger partial charge in [-0.05, 0) is 12.8 Å². The van der Waals surface area contributed by atoms with Crippen molar-refractivity contribution >= 4 is 5.95 Å². The van der Waals surface area contributed by atoms with Gasteiger partial charge in [0.1, 0.15) is 0 Å². The Balaban J connectivity index is 2.57. The van der Waals surface area contributed by atoms with Crippen LogP contribution in [-0.4, -0.2) is 23.1 Å². The molecule has 84 valence electrons. The molecule has 1 rings (SSSR count). The number of hydrogen-bond donors (Lipinski definition) is 1. The van der Waals surface area contributed by atoms with Gasteiger partial charge in [-0.1, -0.05) is 20.3 Å². The molecule has 1 aromatic heterocycles. The Morgan fingerprint density at radius 3 is 2.40 bits per heavy atom. The summed E-state index contributed by atoms with van der Waals surface area (Å²) in [5.74, 6) is 1.94. The van der Waals surface area contributed by atoms with Gasteiger partial charge in [0.2, 0.25) is 5.95 Å². The Labute approximate surface area is 91.1 Å². The third kappa shape index (κ3) is 3.38. The smallest absolute Gasteiger partial charge is 0.223 e. The summed E-state index contributed by atoms with van der Waals surface area (Å²) < 4.78 is 4.99. The molecule has 0 spiro atoms. The molecule has 2 atom stereocenters. The van der Waals surface area contributed by atoms with Gasteiger partial charge in [0.05, 0.1) is 19.5 Å². The number of methoxy groups -OCH3 is 1. The zero-order chi connectivity index (χ0) is 11.3. The van der Waals surface area contributed by atoms with Crippen LogP contribution in [0.5, 0.6) is 5.75 Å². The summed E-state index contributed by atoms with van der Waals surface area (Å²) in [6, 6.07) is 0.378. The van der Waals surface area contributed by atoms with E-state index in [0.717, 1.165) is 6.42 Å². The van der Waals surface area contributed by atoms with Crippen molar-refractivity contribution in [1.29, 1.82) is 0 Å². The van der Waals surface area contributed by atoms with Crippen molar-refractivity contribution in [3.63, 3.8) is 0 Å². The van der Waals surface area contributed by atoms with Crippen molar-refractivity contribution in [2.75, 3.05) is 12.4 Å². The second kappa shape index (κ2) is 5.53. The summed E-state index contributed by atoms with van der Waals surface area (Å²) in [6.45, 7) is 6.53. The average Bonchev–Trinajstić information content (AvgIpc) is 2.29. The Kier molecular flexibility index (Phi) is 4.34. The van der Waals surface area contributed by atoms with Crippen LogP contribution in [-0.2, 0) is 0 Å². The zero-order valence-corrected chi connectivity index (χ0v) is 9.82. The first-order chi connectivity index (χ1) is 7.17. The summed E-state index contributed by atoms with van der Waals surface area (Å²) in [7, 11) is 1.60. The number of rotatable bonds is 5. The Morgan fingerprint density at radius 2 is 1.93 bits per heavy atom. The van der Waals surface area contributed by atoms with Gasteiger partial charge in [-0.25, -0.2) is 9.97 Å². The van der Waals surface area contributed by atoms with E-state index < -0.39 is 0 Å². The molecular weight excluding hydrogens is 190 g/mol. The molecule has 0 fully saturated rings. The fourth-order valence-corrected chi connectivity index (χ4v) is 1.20. The minimum Gasteiger partial charge on any atom is -0.494 e. The van der Waals surface area contributed by atoms with Gasteiger partial charge in [-0.2, -0.15) is 0 Å². The fraction of sp³-hybridized carbons (Fsp3) is 0.636. The van der Waals surface area contributed by atoms with Crippen LogP contribution in [0.1, 0.15) is 27.2 Å². The molecule has 0 radical (unpaired) electrons. The van der Waals surface area contributed by atoms with E-state index in [2.05, 4.69) is 36.1 Å². The zero-order valence-electron chi connectivity index (χ0n) is 9.82. The first-order valence-corrected chi connectivity index (χ1v) is 5.30. The standard InChI is InChI=1S/C11H19N3O/c1-5-8(2)9(3)14-11-12-6-10(15-4)7-13-11/h6-9H,5H2,1-4H3,(H,12,13,14). The van der Waals surface area contributed by atoms with Crippen LogP contribution in [0.4, 0.5) is 5.95 Å². The van der Waals surface area contributed by atoms with Crippen LogP contribution >= 0.6 is 0 Å². The normalized spacial score (nSPS) is 14.4. The molecule has 1 heterocycles. The van der Waals surface area contributed by atoms with Gasteiger partial charge in [0, 0.05) is 6.04 Å². The lowest BCUT2D eigenvalue weighted by Gasteiger charge is -2.19. The molecule has 0 aliphatic rings. The van der Waals surface area contributed by atoms with Gasteiger partial charge >= 0.3 is 0 Å². The molecule has 15 heavy (non-hydrogen) atoms. The van der Waals surface area contributed by atoms with E-state index in [1.807, 2.05) is 0 Å². The van der Waals surface area contributed by atoms with Gasteiger partial charge in [-0.3, -0.25) is 0 Å². The number of nitrogens with one attached hydrogen (secondary N) is 1. The van der Waals surface area contributed by atoms with Gasteiger partial charge < -0.3 is 10.1 Å². The number of nitrogens with zero attached hydrogens (tertiary/aromatic N) is 2. The van der Waals surface area contributed by atoms with Gasteiger partial charge in [0.15, 0.2) is 5.75 Å². The SMILES string of the molecule is CCC(C)C(C)Nc1ncc(OC)cn1. The molecule has 0 bridgehead atoms. The van der Waals surface area contributed by atoms with Crippen LogP contribution in [0.15, 0.2) is 12.4 Å². The van der Waals surface area contributed by atoms with Crippen molar-refractivity contribution in [1.82, 2.24) is 9.97 Å². The minimum absolute atomic E-state index is 0.378. The Hall–Kier alpha value is -1.32. The molecule has 1 N–H and O–H groups in total. The van der Waals surface area contributed by atoms with Gasteiger partial charge in [0.25, 0.3) is 0 Å². The highest BCUT2D eigenvalue weighted by atomic mass is 16.5. The van der Waals surface area contributed by atoms with Crippen LogP contribution in [0, 0.1) is 5.92 Å². The highest BCUT2D eigenvalue weighted by molar-refractivity contribution is 5.28. The molecule has 0 amide bonds. The average molecular weight is 209 g/mol. The molecule has 0 aliphatic carbocycles. The highest BCUT2D eigenvalue weighted by Gasteiger charge is 2.10. The quantitative estimate of drug-likeness (QED) is 0.808. The number of anilines is 1. The lowest BCUT2D eigenvalue weighted by Crippen LogP contribution is -2.24. The molecule has 1 aromatic rings. The van der Waals surface area contributed by atoms with E-state index in [1.54, 1.807) is 19.5 Å². The van der Waals surface area contributed by atoms with Crippen molar-refractivity contribution < 1.29 is 4.74 Å².